The molecular formula is C45H27N5. The molecule has 7 aromatic carbocycles. The number of aromatic nitrogens is 4. The van der Waals surface area contributed by atoms with Crippen LogP contribution in [-0.4, -0.2) is 19.1 Å². The molecule has 5 nitrogen and oxygen atoms in total. The Morgan fingerprint density at radius 1 is 0.400 bits per heavy atom. The lowest BCUT2D eigenvalue weighted by atomic mass is 9.99. The average Bonchev–Trinajstić information content (AvgIpc) is 3.70. The second-order valence-electron chi connectivity index (χ2n) is 12.6. The van der Waals surface area contributed by atoms with Gasteiger partial charge < -0.3 is 4.57 Å². The van der Waals surface area contributed by atoms with Crippen LogP contribution in [0.25, 0.3) is 88.4 Å². The van der Waals surface area contributed by atoms with Crippen LogP contribution in [0.1, 0.15) is 5.69 Å². The number of hydrogen-bond donors (Lipinski definition) is 0. The summed E-state index contributed by atoms with van der Waals surface area (Å²) in [6.07, 6.45) is 0. The van der Waals surface area contributed by atoms with Gasteiger partial charge in [0.2, 0.25) is 5.95 Å². The van der Waals surface area contributed by atoms with Gasteiger partial charge in [-0.1, -0.05) is 97.1 Å². The Morgan fingerprint density at radius 3 is 1.56 bits per heavy atom. The summed E-state index contributed by atoms with van der Waals surface area (Å²) in [6.45, 7) is 0. The van der Waals surface area contributed by atoms with Crippen LogP contribution in [0.2, 0.25) is 0 Å². The summed E-state index contributed by atoms with van der Waals surface area (Å²) in [5.74, 6) is 0.482. The molecule has 232 valence electrons. The second kappa shape index (κ2) is 11.0. The molecule has 50 heavy (non-hydrogen) atoms. The molecule has 10 aromatic rings. The molecule has 0 aliphatic heterocycles. The van der Waals surface area contributed by atoms with Gasteiger partial charge >= 0.3 is 0 Å². The van der Waals surface area contributed by atoms with Gasteiger partial charge in [-0.15, -0.1) is 0 Å². The molecule has 0 N–H and O–H groups in total. The van der Waals surface area contributed by atoms with E-state index in [4.69, 9.17) is 9.97 Å². The van der Waals surface area contributed by atoms with E-state index < -0.39 is 0 Å². The Labute approximate surface area is 287 Å². The topological polar surface area (TPSA) is 59.4 Å². The third-order valence-electron chi connectivity index (χ3n) is 9.79. The van der Waals surface area contributed by atoms with E-state index in [1.807, 2.05) is 30.3 Å². The van der Waals surface area contributed by atoms with Crippen molar-refractivity contribution in [1.82, 2.24) is 19.1 Å². The van der Waals surface area contributed by atoms with Crippen molar-refractivity contribution in [2.24, 2.45) is 0 Å². The van der Waals surface area contributed by atoms with Gasteiger partial charge in [0.05, 0.1) is 27.6 Å². The molecule has 0 radical (unpaired) electrons. The summed E-state index contributed by atoms with van der Waals surface area (Å²) >= 11 is 0. The first-order valence-electron chi connectivity index (χ1n) is 16.6. The van der Waals surface area contributed by atoms with Crippen LogP contribution in [0.15, 0.2) is 164 Å². The van der Waals surface area contributed by atoms with E-state index in [-0.39, 0.29) is 0 Å². The van der Waals surface area contributed by atoms with E-state index >= 15 is 0 Å². The van der Waals surface area contributed by atoms with Crippen molar-refractivity contribution in [1.29, 1.82) is 5.26 Å². The summed E-state index contributed by atoms with van der Waals surface area (Å²) < 4.78 is 4.43. The minimum atomic E-state index is 0.362. The second-order valence-corrected chi connectivity index (χ2v) is 12.6. The number of rotatable bonds is 4. The highest BCUT2D eigenvalue weighted by Crippen LogP contribution is 2.39. The van der Waals surface area contributed by atoms with E-state index in [0.29, 0.717) is 11.6 Å². The average molecular weight is 638 g/mol. The maximum Gasteiger partial charge on any atom is 0.236 e. The highest BCUT2D eigenvalue weighted by molar-refractivity contribution is 6.13. The number of fused-ring (bicyclic) bond motifs is 7. The molecule has 0 bridgehead atoms. The van der Waals surface area contributed by atoms with E-state index in [1.165, 1.54) is 21.8 Å². The Hall–Kier alpha value is -7.03. The first kappa shape index (κ1) is 28.0. The van der Waals surface area contributed by atoms with Gasteiger partial charge in [-0.2, -0.15) is 5.26 Å². The zero-order valence-corrected chi connectivity index (χ0v) is 26.8. The van der Waals surface area contributed by atoms with Crippen LogP contribution in [0.5, 0.6) is 0 Å². The van der Waals surface area contributed by atoms with Crippen LogP contribution < -0.4 is 0 Å². The fourth-order valence-electron chi connectivity index (χ4n) is 7.49. The lowest BCUT2D eigenvalue weighted by Crippen LogP contribution is -2.03. The molecule has 10 rings (SSSR count). The van der Waals surface area contributed by atoms with Gasteiger partial charge in [0, 0.05) is 32.6 Å². The molecule has 3 aromatic heterocycles. The predicted octanol–water partition coefficient (Wildman–Crippen LogP) is 11.0. The standard InChI is InChI=1S/C45H27N5/c46-28-40-35-16-7-9-17-39(35)47-45(48-40)50-43-23-19-30(29-11-3-1-4-12-29)25-37(43)38-27-32(21-24-44(38)50)31-20-22-42-36(26-31)34-15-8-10-18-41(34)49(42)33-13-5-2-6-14-33/h1-27H. The molecule has 0 unspecified atom stereocenters. The summed E-state index contributed by atoms with van der Waals surface area (Å²) in [6, 6.07) is 59.6. The molecular weight excluding hydrogens is 611 g/mol. The number of para-hydroxylation sites is 3. The van der Waals surface area contributed by atoms with Crippen molar-refractivity contribution in [3.63, 3.8) is 0 Å². The third-order valence-corrected chi connectivity index (χ3v) is 9.79. The number of hydrogen-bond acceptors (Lipinski definition) is 3. The van der Waals surface area contributed by atoms with E-state index in [1.54, 1.807) is 0 Å². The van der Waals surface area contributed by atoms with Gasteiger partial charge in [0.25, 0.3) is 0 Å². The van der Waals surface area contributed by atoms with Crippen molar-refractivity contribution in [3.8, 4) is 40.0 Å². The van der Waals surface area contributed by atoms with Crippen molar-refractivity contribution < 1.29 is 0 Å². The molecule has 0 spiro atoms. The number of nitrogens with zero attached hydrogens (tertiary/aromatic N) is 5. The van der Waals surface area contributed by atoms with Gasteiger partial charge in [0.1, 0.15) is 6.07 Å². The van der Waals surface area contributed by atoms with E-state index in [2.05, 4.69) is 149 Å². The summed E-state index contributed by atoms with van der Waals surface area (Å²) in [5.41, 5.74) is 11.1. The highest BCUT2D eigenvalue weighted by atomic mass is 15.2. The summed E-state index contributed by atoms with van der Waals surface area (Å²) in [4.78, 5) is 9.78. The van der Waals surface area contributed by atoms with E-state index in [9.17, 15) is 5.26 Å². The normalized spacial score (nSPS) is 11.6. The largest absolute Gasteiger partial charge is 0.309 e. The molecule has 0 amide bonds. The summed E-state index contributed by atoms with van der Waals surface area (Å²) in [7, 11) is 0. The van der Waals surface area contributed by atoms with Crippen LogP contribution in [0.3, 0.4) is 0 Å². The molecule has 0 aliphatic rings. The molecule has 0 fully saturated rings. The molecule has 0 atom stereocenters. The molecule has 3 heterocycles. The highest BCUT2D eigenvalue weighted by Gasteiger charge is 2.19. The molecule has 0 saturated heterocycles. The molecule has 0 saturated carbocycles. The fourth-order valence-corrected chi connectivity index (χ4v) is 7.49. The maximum absolute atomic E-state index is 10.1. The minimum Gasteiger partial charge on any atom is -0.309 e. The number of benzene rings is 7. The van der Waals surface area contributed by atoms with Gasteiger partial charge in [-0.05, 0) is 89.0 Å². The molecule has 0 aliphatic carbocycles. The minimum absolute atomic E-state index is 0.362. The first-order chi connectivity index (χ1) is 24.7. The Bertz CT molecular complexity index is 2980. The molecule has 5 heteroatoms. The third kappa shape index (κ3) is 4.26. The fraction of sp³-hybridized carbons (Fsp3) is 0. The van der Waals surface area contributed by atoms with E-state index in [0.717, 1.165) is 60.6 Å². The Balaban J connectivity index is 1.22. The van der Waals surface area contributed by atoms with Gasteiger partial charge in [0.15, 0.2) is 5.69 Å². The van der Waals surface area contributed by atoms with Crippen LogP contribution in [-0.2, 0) is 0 Å². The van der Waals surface area contributed by atoms with Crippen molar-refractivity contribution in [2.75, 3.05) is 0 Å². The number of nitriles is 1. The van der Waals surface area contributed by atoms with Crippen LogP contribution in [0.4, 0.5) is 0 Å². The quantitative estimate of drug-likeness (QED) is 0.193. The Morgan fingerprint density at radius 2 is 0.900 bits per heavy atom. The maximum atomic E-state index is 10.1. The monoisotopic (exact) mass is 637 g/mol. The zero-order valence-electron chi connectivity index (χ0n) is 26.8. The lowest BCUT2D eigenvalue weighted by molar-refractivity contribution is 1.00. The smallest absolute Gasteiger partial charge is 0.236 e. The van der Waals surface area contributed by atoms with Crippen molar-refractivity contribution in [3.05, 3.63) is 169 Å². The van der Waals surface area contributed by atoms with Crippen LogP contribution >= 0.6 is 0 Å². The first-order valence-corrected chi connectivity index (χ1v) is 16.6. The van der Waals surface area contributed by atoms with Crippen LogP contribution in [0, 0.1) is 11.3 Å². The SMILES string of the molecule is N#Cc1nc(-n2c3ccc(-c4ccccc4)cc3c3cc(-c4ccc5c(c4)c4ccccc4n5-c4ccccc4)ccc32)nc2ccccc12. The van der Waals surface area contributed by atoms with Gasteiger partial charge in [-0.3, -0.25) is 4.57 Å². The summed E-state index contributed by atoms with van der Waals surface area (Å²) in [5, 5.41) is 15.4. The zero-order chi connectivity index (χ0) is 33.2. The van der Waals surface area contributed by atoms with Gasteiger partial charge in [-0.25, -0.2) is 9.97 Å². The van der Waals surface area contributed by atoms with Crippen molar-refractivity contribution >= 4 is 54.5 Å². The predicted molar refractivity (Wildman–Crippen MR) is 204 cm³/mol. The lowest BCUT2D eigenvalue weighted by Gasteiger charge is -2.09. The van der Waals surface area contributed by atoms with Crippen molar-refractivity contribution in [2.45, 2.75) is 0 Å². The Kier molecular flexibility index (Phi) is 6.17.